The molecule has 0 aliphatic rings. The van der Waals surface area contributed by atoms with Gasteiger partial charge in [-0.3, -0.25) is 4.98 Å². The Hall–Kier alpha value is -5.81. The van der Waals surface area contributed by atoms with Crippen molar-refractivity contribution in [1.29, 1.82) is 0 Å². The topological polar surface area (TPSA) is 16.1 Å². The second-order valence-corrected chi connectivity index (χ2v) is 14.6. The molecule has 10 rings (SSSR count). The third-order valence-corrected chi connectivity index (χ3v) is 11.8. The van der Waals surface area contributed by atoms with Crippen molar-refractivity contribution in [3.63, 3.8) is 0 Å². The molecular weight excluding hydrogens is 633 g/mol. The molecule has 0 aliphatic carbocycles. The third-order valence-electron chi connectivity index (χ3n) is 9.52. The van der Waals surface area contributed by atoms with Crippen LogP contribution in [0.25, 0.3) is 73.5 Å². The lowest BCUT2D eigenvalue weighted by Crippen LogP contribution is -2.09. The summed E-state index contributed by atoms with van der Waals surface area (Å²) < 4.78 is 5.09. The van der Waals surface area contributed by atoms with E-state index in [1.807, 2.05) is 17.5 Å². The first kappa shape index (κ1) is 28.2. The van der Waals surface area contributed by atoms with Crippen LogP contribution in [-0.4, -0.2) is 4.98 Å². The standard InChI is InChI=1S/C45H28N2S2/c1-2-10-36-30(8-1)9-7-13-37(36)31-18-22-34(23-19-31)47(35-24-25-39-38-11-3-5-14-41(38)48-43(39)27-35)33-20-16-29(17-21-33)32-26-44-45(46-28-32)40-12-4-6-15-42(40)49-44/h1-28H. The fraction of sp³-hybridized carbons (Fsp3) is 0. The number of thiophene rings is 2. The van der Waals surface area contributed by atoms with E-state index in [-0.39, 0.29) is 0 Å². The van der Waals surface area contributed by atoms with E-state index in [1.54, 1.807) is 11.3 Å². The van der Waals surface area contributed by atoms with E-state index in [9.17, 15) is 0 Å². The van der Waals surface area contributed by atoms with Gasteiger partial charge in [-0.1, -0.05) is 109 Å². The monoisotopic (exact) mass is 660 g/mol. The minimum absolute atomic E-state index is 1.08. The molecule has 0 N–H and O–H groups in total. The lowest BCUT2D eigenvalue weighted by atomic mass is 9.98. The summed E-state index contributed by atoms with van der Waals surface area (Å²) in [7, 11) is 0. The molecule has 230 valence electrons. The van der Waals surface area contributed by atoms with Gasteiger partial charge in [0.1, 0.15) is 0 Å². The summed E-state index contributed by atoms with van der Waals surface area (Å²) in [6.07, 6.45) is 2.01. The van der Waals surface area contributed by atoms with Gasteiger partial charge in [0.2, 0.25) is 0 Å². The highest BCUT2D eigenvalue weighted by Crippen LogP contribution is 2.42. The van der Waals surface area contributed by atoms with Crippen molar-refractivity contribution in [3.05, 3.63) is 170 Å². The first-order valence-electron chi connectivity index (χ1n) is 16.4. The van der Waals surface area contributed by atoms with Gasteiger partial charge in [-0.2, -0.15) is 0 Å². The molecule has 3 aromatic heterocycles. The zero-order chi connectivity index (χ0) is 32.3. The second-order valence-electron chi connectivity index (χ2n) is 12.4. The summed E-state index contributed by atoms with van der Waals surface area (Å²) in [6.45, 7) is 0. The maximum absolute atomic E-state index is 4.90. The molecule has 0 saturated carbocycles. The Morgan fingerprint density at radius 1 is 0.388 bits per heavy atom. The van der Waals surface area contributed by atoms with E-state index in [1.165, 1.54) is 56.9 Å². The van der Waals surface area contributed by atoms with Crippen LogP contribution >= 0.6 is 22.7 Å². The normalized spacial score (nSPS) is 11.7. The van der Waals surface area contributed by atoms with Crippen molar-refractivity contribution in [2.24, 2.45) is 0 Å². The van der Waals surface area contributed by atoms with Crippen LogP contribution in [-0.2, 0) is 0 Å². The number of fused-ring (bicyclic) bond motifs is 7. The van der Waals surface area contributed by atoms with Gasteiger partial charge < -0.3 is 4.90 Å². The highest BCUT2D eigenvalue weighted by atomic mass is 32.1. The largest absolute Gasteiger partial charge is 0.310 e. The quantitative estimate of drug-likeness (QED) is 0.183. The zero-order valence-electron chi connectivity index (χ0n) is 26.4. The lowest BCUT2D eigenvalue weighted by Gasteiger charge is -2.26. The van der Waals surface area contributed by atoms with Crippen LogP contribution < -0.4 is 4.90 Å². The van der Waals surface area contributed by atoms with Crippen LogP contribution in [0.15, 0.2) is 170 Å². The molecule has 0 bridgehead atoms. The van der Waals surface area contributed by atoms with E-state index in [0.717, 1.165) is 33.7 Å². The number of hydrogen-bond donors (Lipinski definition) is 0. The van der Waals surface area contributed by atoms with E-state index in [4.69, 9.17) is 4.98 Å². The molecule has 0 fully saturated rings. The van der Waals surface area contributed by atoms with E-state index >= 15 is 0 Å². The van der Waals surface area contributed by atoms with Gasteiger partial charge in [0, 0.05) is 59.1 Å². The summed E-state index contributed by atoms with van der Waals surface area (Å²) in [5.41, 5.74) is 9.18. The van der Waals surface area contributed by atoms with Gasteiger partial charge in [0.15, 0.2) is 0 Å². The van der Waals surface area contributed by atoms with Crippen LogP contribution in [0.1, 0.15) is 0 Å². The summed E-state index contributed by atoms with van der Waals surface area (Å²) in [5, 5.41) is 6.36. The van der Waals surface area contributed by atoms with Crippen molar-refractivity contribution in [2.45, 2.75) is 0 Å². The lowest BCUT2D eigenvalue weighted by molar-refractivity contribution is 1.29. The fourth-order valence-electron chi connectivity index (χ4n) is 7.12. The number of hydrogen-bond acceptors (Lipinski definition) is 4. The maximum Gasteiger partial charge on any atom is 0.0888 e. The van der Waals surface area contributed by atoms with Crippen molar-refractivity contribution in [2.75, 3.05) is 4.90 Å². The number of pyridine rings is 1. The zero-order valence-corrected chi connectivity index (χ0v) is 28.0. The Balaban J connectivity index is 1.07. The number of nitrogens with zero attached hydrogens (tertiary/aromatic N) is 2. The highest BCUT2D eigenvalue weighted by molar-refractivity contribution is 7.26. The van der Waals surface area contributed by atoms with E-state index < -0.39 is 0 Å². The molecule has 49 heavy (non-hydrogen) atoms. The Labute approximate surface area is 291 Å². The van der Waals surface area contributed by atoms with Gasteiger partial charge in [-0.15, -0.1) is 22.7 Å². The predicted molar refractivity (Wildman–Crippen MR) is 213 cm³/mol. The summed E-state index contributed by atoms with van der Waals surface area (Å²) >= 11 is 3.66. The van der Waals surface area contributed by atoms with Crippen molar-refractivity contribution in [3.8, 4) is 22.3 Å². The molecule has 7 aromatic carbocycles. The molecule has 3 heterocycles. The Morgan fingerprint density at radius 2 is 0.980 bits per heavy atom. The van der Waals surface area contributed by atoms with Crippen LogP contribution in [0.5, 0.6) is 0 Å². The number of aromatic nitrogens is 1. The van der Waals surface area contributed by atoms with Crippen molar-refractivity contribution < 1.29 is 0 Å². The minimum atomic E-state index is 1.08. The van der Waals surface area contributed by atoms with E-state index in [0.29, 0.717) is 0 Å². The molecule has 0 saturated heterocycles. The number of anilines is 3. The van der Waals surface area contributed by atoms with Gasteiger partial charge in [0.05, 0.1) is 10.2 Å². The molecule has 2 nitrogen and oxygen atoms in total. The summed E-state index contributed by atoms with van der Waals surface area (Å²) in [6, 6.07) is 59.4. The maximum atomic E-state index is 4.90. The van der Waals surface area contributed by atoms with Crippen molar-refractivity contribution >= 4 is 91.0 Å². The van der Waals surface area contributed by atoms with Gasteiger partial charge in [-0.25, -0.2) is 0 Å². The molecule has 0 radical (unpaired) electrons. The van der Waals surface area contributed by atoms with Gasteiger partial charge in [-0.05, 0) is 82.1 Å². The predicted octanol–water partition coefficient (Wildman–Crippen LogP) is 13.8. The third kappa shape index (κ3) is 4.80. The molecule has 0 amide bonds. The molecule has 10 aromatic rings. The van der Waals surface area contributed by atoms with E-state index in [2.05, 4.69) is 169 Å². The first-order chi connectivity index (χ1) is 24.3. The number of benzene rings is 7. The van der Waals surface area contributed by atoms with Crippen LogP contribution in [0.3, 0.4) is 0 Å². The molecule has 0 aliphatic heterocycles. The SMILES string of the molecule is c1ccc2c(-c3ccc(N(c4ccc(-c5cnc6c(c5)sc5ccccc56)cc4)c4ccc5c(c4)sc4ccccc45)cc3)cccc2c1. The highest BCUT2D eigenvalue weighted by Gasteiger charge is 2.16. The minimum Gasteiger partial charge on any atom is -0.310 e. The average Bonchev–Trinajstić information content (AvgIpc) is 3.73. The smallest absolute Gasteiger partial charge is 0.0888 e. The summed E-state index contributed by atoms with van der Waals surface area (Å²) in [5.74, 6) is 0. The second kappa shape index (κ2) is 11.4. The van der Waals surface area contributed by atoms with Crippen LogP contribution in [0.2, 0.25) is 0 Å². The molecule has 4 heteroatoms. The van der Waals surface area contributed by atoms with Crippen molar-refractivity contribution in [1.82, 2.24) is 4.98 Å². The first-order valence-corrected chi connectivity index (χ1v) is 18.1. The molecular formula is C45H28N2S2. The Bertz CT molecular complexity index is 2820. The van der Waals surface area contributed by atoms with Gasteiger partial charge >= 0.3 is 0 Å². The number of rotatable bonds is 5. The fourth-order valence-corrected chi connectivity index (χ4v) is 9.37. The Morgan fingerprint density at radius 3 is 1.78 bits per heavy atom. The molecule has 0 spiro atoms. The van der Waals surface area contributed by atoms with Gasteiger partial charge in [0.25, 0.3) is 0 Å². The molecule has 0 atom stereocenters. The molecule has 0 unspecified atom stereocenters. The summed E-state index contributed by atoms with van der Waals surface area (Å²) in [4.78, 5) is 7.27. The van der Waals surface area contributed by atoms with Crippen LogP contribution in [0, 0.1) is 0 Å². The Kier molecular flexibility index (Phi) is 6.57. The van der Waals surface area contributed by atoms with Crippen LogP contribution in [0.4, 0.5) is 17.1 Å². The average molecular weight is 661 g/mol.